The molecule has 0 aliphatic heterocycles. The molecule has 3 N–H and O–H groups in total. The molecule has 0 unspecified atom stereocenters. The predicted octanol–water partition coefficient (Wildman–Crippen LogP) is 2.19. The highest BCUT2D eigenvalue weighted by molar-refractivity contribution is 8.01. The van der Waals surface area contributed by atoms with E-state index in [0.717, 1.165) is 4.21 Å². The number of hydrogen-bond acceptors (Lipinski definition) is 7. The van der Waals surface area contributed by atoms with Crippen LogP contribution in [0.25, 0.3) is 0 Å². The van der Waals surface area contributed by atoms with Crippen molar-refractivity contribution in [2.75, 3.05) is 11.1 Å². The number of hydrogen-bond donors (Lipinski definition) is 2. The Labute approximate surface area is 139 Å². The van der Waals surface area contributed by atoms with Crippen molar-refractivity contribution < 1.29 is 14.5 Å². The third-order valence-corrected chi connectivity index (χ3v) is 5.12. The molecule has 2 rings (SSSR count). The molecule has 8 nitrogen and oxygen atoms in total. The van der Waals surface area contributed by atoms with Crippen molar-refractivity contribution >= 4 is 45.7 Å². The molecule has 0 spiro atoms. The average molecular weight is 352 g/mol. The molecule has 0 aliphatic carbocycles. The van der Waals surface area contributed by atoms with Crippen LogP contribution in [0.1, 0.15) is 16.1 Å². The van der Waals surface area contributed by atoms with Gasteiger partial charge < -0.3 is 5.73 Å². The highest BCUT2D eigenvalue weighted by Crippen LogP contribution is 2.32. The molecule has 2 amide bonds. The average Bonchev–Trinajstić information content (AvgIpc) is 2.84. The van der Waals surface area contributed by atoms with Crippen LogP contribution in [0.4, 0.5) is 10.8 Å². The van der Waals surface area contributed by atoms with Crippen molar-refractivity contribution in [3.05, 3.63) is 45.6 Å². The van der Waals surface area contributed by atoms with E-state index in [4.69, 9.17) is 5.73 Å². The van der Waals surface area contributed by atoms with E-state index >= 15 is 0 Å². The zero-order valence-corrected chi connectivity index (χ0v) is 13.6. The molecular formula is C13H12N4O4S2. The Balaban J connectivity index is 2.06. The van der Waals surface area contributed by atoms with Gasteiger partial charge in [-0.2, -0.15) is 0 Å². The van der Waals surface area contributed by atoms with E-state index in [-0.39, 0.29) is 17.0 Å². The van der Waals surface area contributed by atoms with E-state index in [2.05, 4.69) is 10.3 Å². The number of nitrogens with two attached hydrogens (primary N) is 1. The van der Waals surface area contributed by atoms with Gasteiger partial charge in [0.05, 0.1) is 20.6 Å². The summed E-state index contributed by atoms with van der Waals surface area (Å²) in [7, 11) is 0. The quantitative estimate of drug-likeness (QED) is 0.466. The lowest BCUT2D eigenvalue weighted by Gasteiger charge is -2.01. The van der Waals surface area contributed by atoms with Gasteiger partial charge in [-0.05, 0) is 19.1 Å². The van der Waals surface area contributed by atoms with Crippen LogP contribution in [0.3, 0.4) is 0 Å². The number of carbonyl (C=O) groups is 2. The number of thiazole rings is 1. The van der Waals surface area contributed by atoms with Gasteiger partial charge in [0.15, 0.2) is 5.13 Å². The first kappa shape index (κ1) is 16.9. The first-order valence-electron chi connectivity index (χ1n) is 6.31. The van der Waals surface area contributed by atoms with E-state index in [1.165, 1.54) is 47.4 Å². The number of thioether (sulfide) groups is 1. The lowest BCUT2D eigenvalue weighted by molar-refractivity contribution is -0.384. The second kappa shape index (κ2) is 7.20. The molecule has 0 saturated carbocycles. The van der Waals surface area contributed by atoms with Crippen molar-refractivity contribution in [2.24, 2.45) is 5.73 Å². The molecule has 2 aromatic rings. The fourth-order valence-corrected chi connectivity index (χ4v) is 3.48. The van der Waals surface area contributed by atoms with Crippen molar-refractivity contribution in [3.8, 4) is 0 Å². The Morgan fingerprint density at radius 3 is 2.61 bits per heavy atom. The van der Waals surface area contributed by atoms with Crippen LogP contribution in [-0.4, -0.2) is 27.5 Å². The molecule has 10 heteroatoms. The summed E-state index contributed by atoms with van der Waals surface area (Å²) >= 11 is 2.50. The molecule has 1 aromatic carbocycles. The van der Waals surface area contributed by atoms with Crippen molar-refractivity contribution in [3.63, 3.8) is 0 Å². The number of non-ortho nitro benzene ring substituents is 1. The summed E-state index contributed by atoms with van der Waals surface area (Å²) in [6.07, 6.45) is 0. The molecular weight excluding hydrogens is 340 g/mol. The van der Waals surface area contributed by atoms with Gasteiger partial charge in [0, 0.05) is 17.7 Å². The van der Waals surface area contributed by atoms with Gasteiger partial charge in [-0.3, -0.25) is 25.0 Å². The van der Waals surface area contributed by atoms with Crippen molar-refractivity contribution in [2.45, 2.75) is 11.1 Å². The summed E-state index contributed by atoms with van der Waals surface area (Å²) in [5.41, 5.74) is 5.99. The van der Waals surface area contributed by atoms with E-state index in [9.17, 15) is 19.7 Å². The topological polar surface area (TPSA) is 128 Å². The van der Waals surface area contributed by atoms with Gasteiger partial charge in [-0.15, -0.1) is 11.8 Å². The van der Waals surface area contributed by atoms with Crippen molar-refractivity contribution in [1.82, 2.24) is 4.98 Å². The number of nitrogens with zero attached hydrogens (tertiary/aromatic N) is 2. The molecule has 0 aliphatic rings. The third kappa shape index (κ3) is 4.50. The maximum Gasteiger partial charge on any atom is 0.269 e. The number of nitro groups is 1. The summed E-state index contributed by atoms with van der Waals surface area (Å²) < 4.78 is 0.794. The van der Waals surface area contributed by atoms with E-state index in [1.54, 1.807) is 6.92 Å². The number of primary amides is 1. The number of nitro benzene ring substituents is 1. The third-order valence-electron chi connectivity index (χ3n) is 2.66. The second-order valence-electron chi connectivity index (χ2n) is 4.40. The Morgan fingerprint density at radius 1 is 1.39 bits per heavy atom. The molecule has 0 radical (unpaired) electrons. The van der Waals surface area contributed by atoms with Gasteiger partial charge >= 0.3 is 0 Å². The number of rotatable bonds is 6. The molecule has 1 aromatic heterocycles. The van der Waals surface area contributed by atoms with Gasteiger partial charge in [-0.25, -0.2) is 4.98 Å². The van der Waals surface area contributed by atoms with Gasteiger partial charge in [0.1, 0.15) is 0 Å². The summed E-state index contributed by atoms with van der Waals surface area (Å²) in [6.45, 7) is 1.77. The number of nitrogens with one attached hydrogen (secondary N) is 1. The summed E-state index contributed by atoms with van der Waals surface area (Å²) in [5, 5.41) is 13.6. The van der Waals surface area contributed by atoms with Crippen molar-refractivity contribution in [1.29, 1.82) is 0 Å². The molecule has 0 fully saturated rings. The number of aryl methyl sites for hydroxylation is 1. The maximum atomic E-state index is 12.1. The van der Waals surface area contributed by atoms with Crippen LogP contribution in [-0.2, 0) is 4.79 Å². The second-order valence-corrected chi connectivity index (χ2v) is 6.65. The lowest BCUT2D eigenvalue weighted by atomic mass is 10.2. The number of amides is 2. The Hall–Kier alpha value is -2.46. The molecule has 0 saturated heterocycles. The Bertz CT molecular complexity index is 758. The van der Waals surface area contributed by atoms with Crippen LogP contribution in [0.2, 0.25) is 0 Å². The smallest absolute Gasteiger partial charge is 0.269 e. The molecule has 1 heterocycles. The highest BCUT2D eigenvalue weighted by atomic mass is 32.2. The standard InChI is InChI=1S/C13H12N4O4S2/c1-7-12(22-6-10(14)18)23-13(15-7)16-11(19)8-2-4-9(5-3-8)17(20)21/h2-5H,6H2,1H3,(H2,14,18)(H,15,16,19). The maximum absolute atomic E-state index is 12.1. The van der Waals surface area contributed by atoms with E-state index in [0.29, 0.717) is 10.8 Å². The molecule has 23 heavy (non-hydrogen) atoms. The minimum absolute atomic E-state index is 0.0863. The summed E-state index contributed by atoms with van der Waals surface area (Å²) in [6, 6.07) is 5.26. The molecule has 0 bridgehead atoms. The van der Waals surface area contributed by atoms with E-state index in [1.807, 2.05) is 0 Å². The summed E-state index contributed by atoms with van der Waals surface area (Å²) in [5.74, 6) is -0.710. The van der Waals surface area contributed by atoms with Crippen LogP contribution >= 0.6 is 23.1 Å². The van der Waals surface area contributed by atoms with Crippen LogP contribution in [0, 0.1) is 17.0 Å². The molecule has 0 atom stereocenters. The largest absolute Gasteiger partial charge is 0.369 e. The highest BCUT2D eigenvalue weighted by Gasteiger charge is 2.14. The van der Waals surface area contributed by atoms with Gasteiger partial charge in [0.25, 0.3) is 11.6 Å². The zero-order chi connectivity index (χ0) is 17.0. The zero-order valence-electron chi connectivity index (χ0n) is 11.9. The van der Waals surface area contributed by atoms with Gasteiger partial charge in [-0.1, -0.05) is 11.3 Å². The summed E-state index contributed by atoms with van der Waals surface area (Å²) in [4.78, 5) is 37.1. The van der Waals surface area contributed by atoms with Crippen LogP contribution in [0.15, 0.2) is 28.5 Å². The lowest BCUT2D eigenvalue weighted by Crippen LogP contribution is -2.12. The Morgan fingerprint density at radius 2 is 2.04 bits per heavy atom. The first-order valence-corrected chi connectivity index (χ1v) is 8.11. The number of benzene rings is 1. The number of aromatic nitrogens is 1. The minimum Gasteiger partial charge on any atom is -0.369 e. The Kier molecular flexibility index (Phi) is 5.29. The van der Waals surface area contributed by atoms with E-state index < -0.39 is 16.7 Å². The monoisotopic (exact) mass is 352 g/mol. The number of carbonyl (C=O) groups excluding carboxylic acids is 2. The van der Waals surface area contributed by atoms with Crippen LogP contribution < -0.4 is 11.1 Å². The predicted molar refractivity (Wildman–Crippen MR) is 87.8 cm³/mol. The molecule has 120 valence electrons. The SMILES string of the molecule is Cc1nc(NC(=O)c2ccc([N+](=O)[O-])cc2)sc1SCC(N)=O. The first-order chi connectivity index (χ1) is 10.9. The van der Waals surface area contributed by atoms with Gasteiger partial charge in [0.2, 0.25) is 5.91 Å². The van der Waals surface area contributed by atoms with Crippen LogP contribution in [0.5, 0.6) is 0 Å². The normalized spacial score (nSPS) is 10.3. The number of anilines is 1. The fraction of sp³-hybridized carbons (Fsp3) is 0.154. The minimum atomic E-state index is -0.534. The fourth-order valence-electron chi connectivity index (χ4n) is 1.61.